The number of fused-ring (bicyclic) bond motifs is 2. The topological polar surface area (TPSA) is 82.4 Å². The molecule has 27 heavy (non-hydrogen) atoms. The van der Waals surface area contributed by atoms with Crippen LogP contribution in [-0.2, 0) is 13.0 Å². The van der Waals surface area contributed by atoms with E-state index in [4.69, 9.17) is 0 Å². The standard InChI is InChI=1S/C20H23N7/c1-14-6-5-7-16-19(14)15(12-23-16)9-10-22-20(21-2)24-13-18-26-25-17-8-3-4-11-27(17)18/h3-8,11-12,23H,9-10,13H2,1-2H3,(H2,21,22,24). The van der Waals surface area contributed by atoms with E-state index in [-0.39, 0.29) is 0 Å². The van der Waals surface area contributed by atoms with Crippen LogP contribution in [0, 0.1) is 6.92 Å². The van der Waals surface area contributed by atoms with Crippen molar-refractivity contribution in [1.29, 1.82) is 0 Å². The Morgan fingerprint density at radius 1 is 1.15 bits per heavy atom. The van der Waals surface area contributed by atoms with E-state index in [0.717, 1.165) is 30.4 Å². The number of hydrogen-bond donors (Lipinski definition) is 3. The van der Waals surface area contributed by atoms with Crippen LogP contribution in [0.1, 0.15) is 17.0 Å². The fraction of sp³-hybridized carbons (Fsp3) is 0.250. The zero-order valence-electron chi connectivity index (χ0n) is 15.5. The Balaban J connectivity index is 1.35. The molecule has 0 spiro atoms. The van der Waals surface area contributed by atoms with Gasteiger partial charge >= 0.3 is 0 Å². The van der Waals surface area contributed by atoms with E-state index in [0.29, 0.717) is 6.54 Å². The van der Waals surface area contributed by atoms with Gasteiger partial charge in [-0.15, -0.1) is 10.2 Å². The van der Waals surface area contributed by atoms with Crippen molar-refractivity contribution >= 4 is 22.5 Å². The number of rotatable bonds is 5. The van der Waals surface area contributed by atoms with Gasteiger partial charge in [-0.1, -0.05) is 18.2 Å². The molecule has 0 radical (unpaired) electrons. The molecule has 3 N–H and O–H groups in total. The van der Waals surface area contributed by atoms with Gasteiger partial charge in [-0.05, 0) is 42.7 Å². The number of guanidine groups is 1. The van der Waals surface area contributed by atoms with E-state index >= 15 is 0 Å². The summed E-state index contributed by atoms with van der Waals surface area (Å²) in [5, 5.41) is 16.4. The molecule has 7 heteroatoms. The summed E-state index contributed by atoms with van der Waals surface area (Å²) in [7, 11) is 1.77. The molecule has 0 fully saturated rings. The zero-order valence-corrected chi connectivity index (χ0v) is 15.5. The highest BCUT2D eigenvalue weighted by Crippen LogP contribution is 2.22. The summed E-state index contributed by atoms with van der Waals surface area (Å²) >= 11 is 0. The summed E-state index contributed by atoms with van der Waals surface area (Å²) in [5.74, 6) is 1.60. The molecule has 0 unspecified atom stereocenters. The Morgan fingerprint density at radius 2 is 2.07 bits per heavy atom. The quantitative estimate of drug-likeness (QED) is 0.377. The monoisotopic (exact) mass is 361 g/mol. The Morgan fingerprint density at radius 3 is 2.96 bits per heavy atom. The Bertz CT molecular complexity index is 1090. The van der Waals surface area contributed by atoms with Gasteiger partial charge in [0, 0.05) is 36.9 Å². The van der Waals surface area contributed by atoms with Crippen molar-refractivity contribution in [2.75, 3.05) is 13.6 Å². The van der Waals surface area contributed by atoms with Crippen LogP contribution in [0.5, 0.6) is 0 Å². The number of pyridine rings is 1. The Hall–Kier alpha value is -3.35. The number of aryl methyl sites for hydroxylation is 1. The van der Waals surface area contributed by atoms with Crippen LogP contribution >= 0.6 is 0 Å². The first-order valence-corrected chi connectivity index (χ1v) is 9.05. The number of nitrogens with zero attached hydrogens (tertiary/aromatic N) is 4. The maximum Gasteiger partial charge on any atom is 0.191 e. The van der Waals surface area contributed by atoms with Gasteiger partial charge in [0.05, 0.1) is 6.54 Å². The van der Waals surface area contributed by atoms with Crippen molar-refractivity contribution in [3.05, 3.63) is 65.7 Å². The van der Waals surface area contributed by atoms with Crippen LogP contribution < -0.4 is 10.6 Å². The van der Waals surface area contributed by atoms with Crippen LogP contribution in [0.4, 0.5) is 0 Å². The highest BCUT2D eigenvalue weighted by molar-refractivity contribution is 5.86. The fourth-order valence-corrected chi connectivity index (χ4v) is 3.36. The maximum atomic E-state index is 4.30. The van der Waals surface area contributed by atoms with E-state index < -0.39 is 0 Å². The third-order valence-electron chi connectivity index (χ3n) is 4.70. The first kappa shape index (κ1) is 17.1. The lowest BCUT2D eigenvalue weighted by Crippen LogP contribution is -2.38. The third-order valence-corrected chi connectivity index (χ3v) is 4.70. The second-order valence-corrected chi connectivity index (χ2v) is 6.46. The highest BCUT2D eigenvalue weighted by atomic mass is 15.3. The first-order chi connectivity index (χ1) is 13.3. The van der Waals surface area contributed by atoms with Gasteiger partial charge in [-0.25, -0.2) is 0 Å². The average Bonchev–Trinajstić information content (AvgIpc) is 3.29. The molecule has 0 aliphatic carbocycles. The fourth-order valence-electron chi connectivity index (χ4n) is 3.36. The minimum Gasteiger partial charge on any atom is -0.361 e. The van der Waals surface area contributed by atoms with Gasteiger partial charge in [0.1, 0.15) is 0 Å². The molecular weight excluding hydrogens is 338 g/mol. The van der Waals surface area contributed by atoms with Crippen LogP contribution in [0.3, 0.4) is 0 Å². The lowest BCUT2D eigenvalue weighted by Gasteiger charge is -2.11. The highest BCUT2D eigenvalue weighted by Gasteiger charge is 2.08. The molecule has 1 aromatic carbocycles. The third kappa shape index (κ3) is 3.48. The molecule has 3 aromatic heterocycles. The maximum absolute atomic E-state index is 4.30. The van der Waals surface area contributed by atoms with Gasteiger partial charge in [0.25, 0.3) is 0 Å². The van der Waals surface area contributed by atoms with E-state index in [1.54, 1.807) is 7.05 Å². The molecule has 4 rings (SSSR count). The lowest BCUT2D eigenvalue weighted by atomic mass is 10.1. The number of nitrogens with one attached hydrogen (secondary N) is 3. The van der Waals surface area contributed by atoms with E-state index in [9.17, 15) is 0 Å². The summed E-state index contributed by atoms with van der Waals surface area (Å²) in [6, 6.07) is 12.2. The number of aromatic amines is 1. The summed E-state index contributed by atoms with van der Waals surface area (Å²) in [6.07, 6.45) is 4.97. The molecule has 0 bridgehead atoms. The van der Waals surface area contributed by atoms with Gasteiger partial charge in [-0.2, -0.15) is 0 Å². The van der Waals surface area contributed by atoms with Crippen LogP contribution in [0.2, 0.25) is 0 Å². The second kappa shape index (κ2) is 7.49. The van der Waals surface area contributed by atoms with Crippen molar-refractivity contribution < 1.29 is 0 Å². The van der Waals surface area contributed by atoms with Crippen LogP contribution in [0.15, 0.2) is 53.8 Å². The summed E-state index contributed by atoms with van der Waals surface area (Å²) in [4.78, 5) is 7.65. The van der Waals surface area contributed by atoms with Crippen LogP contribution in [-0.4, -0.2) is 39.1 Å². The summed E-state index contributed by atoms with van der Waals surface area (Å²) in [6.45, 7) is 3.50. The molecule has 0 aliphatic heterocycles. The first-order valence-electron chi connectivity index (χ1n) is 9.05. The van der Waals surface area contributed by atoms with E-state index in [1.165, 1.54) is 22.0 Å². The van der Waals surface area contributed by atoms with Crippen molar-refractivity contribution in [2.45, 2.75) is 19.9 Å². The van der Waals surface area contributed by atoms with Gasteiger partial charge in [-0.3, -0.25) is 9.39 Å². The number of aromatic nitrogens is 4. The Kier molecular flexibility index (Phi) is 4.74. The van der Waals surface area contributed by atoms with Crippen molar-refractivity contribution in [3.63, 3.8) is 0 Å². The zero-order chi connectivity index (χ0) is 18.6. The van der Waals surface area contributed by atoms with Crippen LogP contribution in [0.25, 0.3) is 16.6 Å². The lowest BCUT2D eigenvalue weighted by molar-refractivity contribution is 0.758. The second-order valence-electron chi connectivity index (χ2n) is 6.46. The minimum absolute atomic E-state index is 0.553. The molecule has 3 heterocycles. The van der Waals surface area contributed by atoms with E-state index in [2.05, 4.69) is 62.1 Å². The smallest absolute Gasteiger partial charge is 0.191 e. The molecule has 0 atom stereocenters. The predicted molar refractivity (Wildman–Crippen MR) is 108 cm³/mol. The molecule has 7 nitrogen and oxygen atoms in total. The molecule has 0 aliphatic rings. The molecule has 4 aromatic rings. The number of aliphatic imine (C=N–C) groups is 1. The van der Waals surface area contributed by atoms with Crippen molar-refractivity contribution in [1.82, 2.24) is 30.2 Å². The summed E-state index contributed by atoms with van der Waals surface area (Å²) in [5.41, 5.74) is 4.64. The number of benzene rings is 1. The SMILES string of the molecule is CN=C(NCCc1c[nH]c2cccc(C)c12)NCc1nnc2ccccn12. The Labute approximate surface area is 157 Å². The van der Waals surface area contributed by atoms with E-state index in [1.807, 2.05) is 28.8 Å². The van der Waals surface area contributed by atoms with Gasteiger partial charge in [0.2, 0.25) is 0 Å². The summed E-state index contributed by atoms with van der Waals surface area (Å²) < 4.78 is 1.97. The predicted octanol–water partition coefficient (Wildman–Crippen LogP) is 2.43. The largest absolute Gasteiger partial charge is 0.361 e. The average molecular weight is 361 g/mol. The molecule has 0 saturated heterocycles. The normalized spacial score (nSPS) is 12.0. The van der Waals surface area contributed by atoms with Gasteiger partial charge < -0.3 is 15.6 Å². The van der Waals surface area contributed by atoms with Crippen molar-refractivity contribution in [2.24, 2.45) is 4.99 Å². The molecular formula is C20H23N7. The number of hydrogen-bond acceptors (Lipinski definition) is 3. The van der Waals surface area contributed by atoms with Gasteiger partial charge in [0.15, 0.2) is 17.4 Å². The van der Waals surface area contributed by atoms with Crippen molar-refractivity contribution in [3.8, 4) is 0 Å². The number of H-pyrrole nitrogens is 1. The minimum atomic E-state index is 0.553. The molecule has 0 saturated carbocycles. The molecule has 138 valence electrons. The molecule has 0 amide bonds.